The highest BCUT2D eigenvalue weighted by Gasteiger charge is 2.38. The molecule has 1 saturated carbocycles. The fourth-order valence-electron chi connectivity index (χ4n) is 4.33. The van der Waals surface area contributed by atoms with Gasteiger partial charge in [-0.15, -0.1) is 0 Å². The van der Waals surface area contributed by atoms with Gasteiger partial charge in [0, 0.05) is 19.1 Å². The summed E-state index contributed by atoms with van der Waals surface area (Å²) in [5.41, 5.74) is 0. The van der Waals surface area contributed by atoms with Gasteiger partial charge in [0.1, 0.15) is 0 Å². The molecular formula is C16H29N3O. The van der Waals surface area contributed by atoms with E-state index in [1.165, 1.54) is 45.1 Å². The maximum Gasteiger partial charge on any atom is 0.237 e. The number of hydrogen-bond acceptors (Lipinski definition) is 3. The third-order valence-electron chi connectivity index (χ3n) is 5.47. The van der Waals surface area contributed by atoms with E-state index in [9.17, 15) is 4.79 Å². The molecule has 4 atom stereocenters. The number of piperidine rings is 1. The first-order valence-corrected chi connectivity index (χ1v) is 8.44. The van der Waals surface area contributed by atoms with Gasteiger partial charge in [-0.1, -0.05) is 12.8 Å². The van der Waals surface area contributed by atoms with Gasteiger partial charge in [-0.25, -0.2) is 0 Å². The monoisotopic (exact) mass is 279 g/mol. The van der Waals surface area contributed by atoms with Crippen molar-refractivity contribution in [2.45, 2.75) is 57.0 Å². The maximum absolute atomic E-state index is 12.3. The van der Waals surface area contributed by atoms with Crippen molar-refractivity contribution in [2.24, 2.45) is 11.8 Å². The summed E-state index contributed by atoms with van der Waals surface area (Å²) in [5.74, 6) is 1.63. The van der Waals surface area contributed by atoms with E-state index in [2.05, 4.69) is 22.6 Å². The minimum absolute atomic E-state index is 0.0735. The van der Waals surface area contributed by atoms with E-state index in [0.29, 0.717) is 12.0 Å². The van der Waals surface area contributed by atoms with Crippen molar-refractivity contribution in [3.05, 3.63) is 0 Å². The molecule has 3 rings (SSSR count). The van der Waals surface area contributed by atoms with Crippen LogP contribution in [0.1, 0.15) is 44.9 Å². The van der Waals surface area contributed by atoms with Gasteiger partial charge in [0.2, 0.25) is 5.91 Å². The smallest absolute Gasteiger partial charge is 0.237 e. The van der Waals surface area contributed by atoms with E-state index in [-0.39, 0.29) is 11.9 Å². The number of fused-ring (bicyclic) bond motifs is 1. The Morgan fingerprint density at radius 1 is 1.25 bits per heavy atom. The van der Waals surface area contributed by atoms with Crippen molar-refractivity contribution in [3.8, 4) is 0 Å². The predicted molar refractivity (Wildman–Crippen MR) is 80.5 cm³/mol. The average Bonchev–Trinajstić information content (AvgIpc) is 2.89. The molecule has 0 aromatic heterocycles. The van der Waals surface area contributed by atoms with Gasteiger partial charge in [0.15, 0.2) is 0 Å². The van der Waals surface area contributed by atoms with Crippen LogP contribution >= 0.6 is 0 Å². The molecule has 2 N–H and O–H groups in total. The summed E-state index contributed by atoms with van der Waals surface area (Å²) in [5, 5.41) is 6.76. The minimum Gasteiger partial charge on any atom is -0.354 e. The second-order valence-corrected chi connectivity index (χ2v) is 7.12. The zero-order valence-corrected chi connectivity index (χ0v) is 12.7. The van der Waals surface area contributed by atoms with Crippen LogP contribution < -0.4 is 10.6 Å². The van der Waals surface area contributed by atoms with Gasteiger partial charge in [-0.05, 0) is 57.5 Å². The van der Waals surface area contributed by atoms with Crippen LogP contribution in [-0.2, 0) is 4.79 Å². The molecule has 0 bridgehead atoms. The second-order valence-electron chi connectivity index (χ2n) is 7.12. The van der Waals surface area contributed by atoms with Crippen molar-refractivity contribution in [3.63, 3.8) is 0 Å². The fourth-order valence-corrected chi connectivity index (χ4v) is 4.33. The zero-order chi connectivity index (χ0) is 13.9. The number of hydrogen-bond donors (Lipinski definition) is 2. The Morgan fingerprint density at radius 2 is 2.10 bits per heavy atom. The number of carbonyl (C=O) groups excluding carboxylic acids is 1. The highest BCUT2D eigenvalue weighted by Crippen LogP contribution is 2.33. The van der Waals surface area contributed by atoms with Crippen LogP contribution in [0.4, 0.5) is 0 Å². The highest BCUT2D eigenvalue weighted by atomic mass is 16.2. The number of carbonyl (C=O) groups is 1. The van der Waals surface area contributed by atoms with Crippen LogP contribution in [-0.4, -0.2) is 49.6 Å². The van der Waals surface area contributed by atoms with Crippen molar-refractivity contribution < 1.29 is 4.79 Å². The van der Waals surface area contributed by atoms with E-state index in [1.54, 1.807) is 0 Å². The molecule has 4 heteroatoms. The molecule has 3 aliphatic rings. The maximum atomic E-state index is 12.3. The topological polar surface area (TPSA) is 44.4 Å². The van der Waals surface area contributed by atoms with Gasteiger partial charge in [-0.2, -0.15) is 0 Å². The molecule has 2 aliphatic heterocycles. The quantitative estimate of drug-likeness (QED) is 0.820. The van der Waals surface area contributed by atoms with Gasteiger partial charge >= 0.3 is 0 Å². The SMILES string of the molecule is CN1CCCC(CNC(=O)C2CC3CCCCC3N2)C1. The van der Waals surface area contributed by atoms with Crippen LogP contribution in [0.3, 0.4) is 0 Å². The lowest BCUT2D eigenvalue weighted by molar-refractivity contribution is -0.123. The molecular weight excluding hydrogens is 250 g/mol. The molecule has 2 saturated heterocycles. The summed E-state index contributed by atoms with van der Waals surface area (Å²) in [6.45, 7) is 3.19. The lowest BCUT2D eigenvalue weighted by Crippen LogP contribution is -2.46. The number of rotatable bonds is 3. The first-order chi connectivity index (χ1) is 9.72. The van der Waals surface area contributed by atoms with E-state index >= 15 is 0 Å². The van der Waals surface area contributed by atoms with E-state index < -0.39 is 0 Å². The number of nitrogens with one attached hydrogen (secondary N) is 2. The largest absolute Gasteiger partial charge is 0.354 e. The third-order valence-corrected chi connectivity index (χ3v) is 5.47. The van der Waals surface area contributed by atoms with Crippen LogP contribution in [0, 0.1) is 11.8 Å². The predicted octanol–water partition coefficient (Wildman–Crippen LogP) is 1.37. The van der Waals surface area contributed by atoms with Gasteiger partial charge in [0.05, 0.1) is 6.04 Å². The molecule has 114 valence electrons. The fraction of sp³-hybridized carbons (Fsp3) is 0.938. The Morgan fingerprint density at radius 3 is 2.90 bits per heavy atom. The number of likely N-dealkylation sites (tertiary alicyclic amines) is 1. The Balaban J connectivity index is 1.43. The molecule has 0 aromatic rings. The van der Waals surface area contributed by atoms with E-state index in [4.69, 9.17) is 0 Å². The number of nitrogens with zero attached hydrogens (tertiary/aromatic N) is 1. The van der Waals surface area contributed by atoms with Crippen molar-refractivity contribution >= 4 is 5.91 Å². The lowest BCUT2D eigenvalue weighted by atomic mass is 9.85. The molecule has 3 fully saturated rings. The first-order valence-electron chi connectivity index (χ1n) is 8.44. The highest BCUT2D eigenvalue weighted by molar-refractivity contribution is 5.82. The Kier molecular flexibility index (Phi) is 4.61. The minimum atomic E-state index is 0.0735. The molecule has 1 aliphatic carbocycles. The normalized spacial score (nSPS) is 38.5. The van der Waals surface area contributed by atoms with Crippen LogP contribution in [0.5, 0.6) is 0 Å². The van der Waals surface area contributed by atoms with Crippen LogP contribution in [0.25, 0.3) is 0 Å². The van der Waals surface area contributed by atoms with Gasteiger partial charge in [-0.3, -0.25) is 4.79 Å². The Labute approximate surface area is 122 Å². The summed E-state index contributed by atoms with van der Waals surface area (Å²) >= 11 is 0. The van der Waals surface area contributed by atoms with E-state index in [0.717, 1.165) is 25.4 Å². The number of amides is 1. The van der Waals surface area contributed by atoms with Gasteiger partial charge in [0.25, 0.3) is 0 Å². The van der Waals surface area contributed by atoms with E-state index in [1.807, 2.05) is 0 Å². The zero-order valence-electron chi connectivity index (χ0n) is 12.7. The lowest BCUT2D eigenvalue weighted by Gasteiger charge is -2.30. The molecule has 2 heterocycles. The van der Waals surface area contributed by atoms with Gasteiger partial charge < -0.3 is 15.5 Å². The molecule has 0 spiro atoms. The van der Waals surface area contributed by atoms with Crippen molar-refractivity contribution in [2.75, 3.05) is 26.7 Å². The summed E-state index contributed by atoms with van der Waals surface area (Å²) in [7, 11) is 2.18. The summed E-state index contributed by atoms with van der Waals surface area (Å²) in [4.78, 5) is 14.7. The van der Waals surface area contributed by atoms with Crippen LogP contribution in [0.15, 0.2) is 0 Å². The average molecular weight is 279 g/mol. The summed E-state index contributed by atoms with van der Waals surface area (Å²) < 4.78 is 0. The molecule has 4 unspecified atom stereocenters. The summed E-state index contributed by atoms with van der Waals surface area (Å²) in [6, 6.07) is 0.685. The first kappa shape index (κ1) is 14.3. The third kappa shape index (κ3) is 3.34. The molecule has 0 aromatic carbocycles. The standard InChI is InChI=1S/C16H29N3O/c1-19-8-4-5-12(11-19)10-17-16(20)15-9-13-6-2-3-7-14(13)18-15/h12-15,18H,2-11H2,1H3,(H,17,20). The molecule has 20 heavy (non-hydrogen) atoms. The Hall–Kier alpha value is -0.610. The molecule has 0 radical (unpaired) electrons. The summed E-state index contributed by atoms with van der Waals surface area (Å²) in [6.07, 6.45) is 8.84. The van der Waals surface area contributed by atoms with Crippen LogP contribution in [0.2, 0.25) is 0 Å². The van der Waals surface area contributed by atoms with Crippen molar-refractivity contribution in [1.29, 1.82) is 0 Å². The Bertz CT molecular complexity index is 333. The molecule has 4 nitrogen and oxygen atoms in total. The molecule has 1 amide bonds. The second kappa shape index (κ2) is 6.44. The van der Waals surface area contributed by atoms with Crippen molar-refractivity contribution in [1.82, 2.24) is 15.5 Å².